The van der Waals surface area contributed by atoms with E-state index in [2.05, 4.69) is 74.3 Å². The predicted octanol–water partition coefficient (Wildman–Crippen LogP) is 5.18. The Hall–Kier alpha value is -2.13. The Morgan fingerprint density at radius 1 is 0.762 bits per heavy atom. The molecule has 3 heteroatoms. The third kappa shape index (κ3) is 3.50. The molecule has 0 spiro atoms. The van der Waals surface area contributed by atoms with E-state index in [-0.39, 0.29) is 0 Å². The molecule has 0 radical (unpaired) electrons. The smallest absolute Gasteiger partial charge is 0.0481 e. The SMILES string of the molecule is Brc1ccc(N(Cc2ccccc2)c2ccncc2)cc1. The van der Waals surface area contributed by atoms with Gasteiger partial charge >= 0.3 is 0 Å². The highest BCUT2D eigenvalue weighted by Crippen LogP contribution is 2.28. The van der Waals surface area contributed by atoms with Gasteiger partial charge < -0.3 is 4.90 Å². The highest BCUT2D eigenvalue weighted by Gasteiger charge is 2.09. The van der Waals surface area contributed by atoms with Gasteiger partial charge in [0.25, 0.3) is 0 Å². The minimum atomic E-state index is 0.826. The molecule has 0 N–H and O–H groups in total. The van der Waals surface area contributed by atoms with Gasteiger partial charge in [-0.25, -0.2) is 0 Å². The van der Waals surface area contributed by atoms with Gasteiger partial charge in [0.1, 0.15) is 0 Å². The second-order valence-corrected chi connectivity index (χ2v) is 5.67. The molecule has 0 aliphatic heterocycles. The summed E-state index contributed by atoms with van der Waals surface area (Å²) < 4.78 is 1.08. The summed E-state index contributed by atoms with van der Waals surface area (Å²) >= 11 is 3.49. The largest absolute Gasteiger partial charge is 0.337 e. The molecule has 0 saturated carbocycles. The second-order valence-electron chi connectivity index (χ2n) is 4.75. The Morgan fingerprint density at radius 3 is 2.05 bits per heavy atom. The maximum absolute atomic E-state index is 4.11. The molecule has 0 atom stereocenters. The van der Waals surface area contributed by atoms with Crippen molar-refractivity contribution >= 4 is 27.3 Å². The Bertz CT molecular complexity index is 681. The van der Waals surface area contributed by atoms with Gasteiger partial charge in [-0.2, -0.15) is 0 Å². The molecule has 0 amide bonds. The normalized spacial score (nSPS) is 10.3. The number of halogens is 1. The van der Waals surface area contributed by atoms with Gasteiger partial charge in [-0.1, -0.05) is 46.3 Å². The molecule has 0 saturated heterocycles. The summed E-state index contributed by atoms with van der Waals surface area (Å²) in [7, 11) is 0. The lowest BCUT2D eigenvalue weighted by Crippen LogP contribution is -2.16. The monoisotopic (exact) mass is 338 g/mol. The van der Waals surface area contributed by atoms with Crippen LogP contribution in [-0.2, 0) is 6.54 Å². The third-order valence-electron chi connectivity index (χ3n) is 3.30. The van der Waals surface area contributed by atoms with Crippen molar-refractivity contribution in [2.24, 2.45) is 0 Å². The van der Waals surface area contributed by atoms with Gasteiger partial charge in [0.05, 0.1) is 0 Å². The summed E-state index contributed by atoms with van der Waals surface area (Å²) in [5.74, 6) is 0. The summed E-state index contributed by atoms with van der Waals surface area (Å²) in [5, 5.41) is 0. The molecule has 0 fully saturated rings. The van der Waals surface area contributed by atoms with Crippen LogP contribution in [0.3, 0.4) is 0 Å². The van der Waals surface area contributed by atoms with E-state index in [1.807, 2.05) is 30.6 Å². The molecule has 0 bridgehead atoms. The molecule has 104 valence electrons. The fourth-order valence-corrected chi connectivity index (χ4v) is 2.51. The molecule has 21 heavy (non-hydrogen) atoms. The van der Waals surface area contributed by atoms with E-state index in [1.54, 1.807) is 0 Å². The minimum Gasteiger partial charge on any atom is -0.337 e. The molecular weight excluding hydrogens is 324 g/mol. The lowest BCUT2D eigenvalue weighted by atomic mass is 10.2. The Balaban J connectivity index is 1.97. The van der Waals surface area contributed by atoms with Gasteiger partial charge in [-0.05, 0) is 42.0 Å². The van der Waals surface area contributed by atoms with E-state index >= 15 is 0 Å². The quantitative estimate of drug-likeness (QED) is 0.651. The van der Waals surface area contributed by atoms with Crippen LogP contribution in [0.1, 0.15) is 5.56 Å². The van der Waals surface area contributed by atoms with Crippen LogP contribution in [-0.4, -0.2) is 4.98 Å². The molecule has 3 aromatic rings. The van der Waals surface area contributed by atoms with Crippen LogP contribution in [0.25, 0.3) is 0 Å². The Kier molecular flexibility index (Phi) is 4.31. The molecule has 1 heterocycles. The average molecular weight is 339 g/mol. The molecule has 3 rings (SSSR count). The molecular formula is C18H15BrN2. The first-order valence-corrected chi connectivity index (χ1v) is 7.59. The molecule has 0 aliphatic carbocycles. The molecule has 2 aromatic carbocycles. The third-order valence-corrected chi connectivity index (χ3v) is 3.82. The van der Waals surface area contributed by atoms with Gasteiger partial charge in [-0.3, -0.25) is 4.98 Å². The standard InChI is InChI=1S/C18H15BrN2/c19-16-6-8-17(9-7-16)21(18-10-12-20-13-11-18)14-15-4-2-1-3-5-15/h1-13H,14H2. The van der Waals surface area contributed by atoms with Gasteiger partial charge in [0, 0.05) is 34.8 Å². The van der Waals surface area contributed by atoms with Gasteiger partial charge in [-0.15, -0.1) is 0 Å². The zero-order valence-electron chi connectivity index (χ0n) is 11.5. The van der Waals surface area contributed by atoms with E-state index in [4.69, 9.17) is 0 Å². The maximum atomic E-state index is 4.11. The first kappa shape index (κ1) is 13.8. The lowest BCUT2D eigenvalue weighted by Gasteiger charge is -2.25. The number of aromatic nitrogens is 1. The number of benzene rings is 2. The zero-order valence-corrected chi connectivity index (χ0v) is 13.1. The first-order chi connectivity index (χ1) is 10.3. The van der Waals surface area contributed by atoms with Crippen molar-refractivity contribution in [3.8, 4) is 0 Å². The maximum Gasteiger partial charge on any atom is 0.0481 e. The lowest BCUT2D eigenvalue weighted by molar-refractivity contribution is 0.972. The molecule has 2 nitrogen and oxygen atoms in total. The van der Waals surface area contributed by atoms with Crippen LogP contribution in [0.15, 0.2) is 83.6 Å². The predicted molar refractivity (Wildman–Crippen MR) is 90.7 cm³/mol. The molecule has 1 aromatic heterocycles. The minimum absolute atomic E-state index is 0.826. The van der Waals surface area contributed by atoms with Crippen molar-refractivity contribution in [2.45, 2.75) is 6.54 Å². The van der Waals surface area contributed by atoms with Crippen LogP contribution >= 0.6 is 15.9 Å². The number of rotatable bonds is 4. The second kappa shape index (κ2) is 6.55. The van der Waals surface area contributed by atoms with Crippen LogP contribution in [0.4, 0.5) is 11.4 Å². The van der Waals surface area contributed by atoms with Crippen molar-refractivity contribution in [3.63, 3.8) is 0 Å². The van der Waals surface area contributed by atoms with E-state index < -0.39 is 0 Å². The number of nitrogens with zero attached hydrogens (tertiary/aromatic N) is 2. The number of hydrogen-bond acceptors (Lipinski definition) is 2. The van der Waals surface area contributed by atoms with Crippen molar-refractivity contribution in [3.05, 3.63) is 89.2 Å². The highest BCUT2D eigenvalue weighted by atomic mass is 79.9. The highest BCUT2D eigenvalue weighted by molar-refractivity contribution is 9.10. The van der Waals surface area contributed by atoms with E-state index in [0.717, 1.165) is 22.4 Å². The number of pyridine rings is 1. The van der Waals surface area contributed by atoms with E-state index in [0.29, 0.717) is 0 Å². The van der Waals surface area contributed by atoms with Crippen molar-refractivity contribution in [2.75, 3.05) is 4.90 Å². The van der Waals surface area contributed by atoms with Crippen LogP contribution < -0.4 is 4.90 Å². The topological polar surface area (TPSA) is 16.1 Å². The summed E-state index contributed by atoms with van der Waals surface area (Å²) in [6.45, 7) is 0.826. The first-order valence-electron chi connectivity index (χ1n) is 6.80. The average Bonchev–Trinajstić information content (AvgIpc) is 2.55. The zero-order chi connectivity index (χ0) is 14.5. The number of hydrogen-bond donors (Lipinski definition) is 0. The molecule has 0 unspecified atom stereocenters. The van der Waals surface area contributed by atoms with Crippen LogP contribution in [0, 0.1) is 0 Å². The van der Waals surface area contributed by atoms with Crippen LogP contribution in [0.5, 0.6) is 0 Å². The van der Waals surface area contributed by atoms with Crippen LogP contribution in [0.2, 0.25) is 0 Å². The molecule has 0 aliphatic rings. The Morgan fingerprint density at radius 2 is 1.38 bits per heavy atom. The van der Waals surface area contributed by atoms with Crippen molar-refractivity contribution < 1.29 is 0 Å². The number of anilines is 2. The van der Waals surface area contributed by atoms with Crippen molar-refractivity contribution in [1.29, 1.82) is 0 Å². The summed E-state index contributed by atoms with van der Waals surface area (Å²) in [6.07, 6.45) is 3.65. The summed E-state index contributed by atoms with van der Waals surface area (Å²) in [4.78, 5) is 6.39. The summed E-state index contributed by atoms with van der Waals surface area (Å²) in [5.41, 5.74) is 3.57. The Labute approximate surface area is 133 Å². The fourth-order valence-electron chi connectivity index (χ4n) is 2.24. The van der Waals surface area contributed by atoms with Crippen molar-refractivity contribution in [1.82, 2.24) is 4.98 Å². The fraction of sp³-hybridized carbons (Fsp3) is 0.0556. The summed E-state index contributed by atoms with van der Waals surface area (Å²) in [6, 6.07) is 22.9. The van der Waals surface area contributed by atoms with Gasteiger partial charge in [0.2, 0.25) is 0 Å². The van der Waals surface area contributed by atoms with E-state index in [9.17, 15) is 0 Å². The van der Waals surface area contributed by atoms with Gasteiger partial charge in [0.15, 0.2) is 0 Å². The van der Waals surface area contributed by atoms with E-state index in [1.165, 1.54) is 5.56 Å².